The number of nitrogens with one attached hydrogen (secondary N) is 2. The van der Waals surface area contributed by atoms with Crippen molar-refractivity contribution < 1.29 is 9.32 Å². The molecular formula is C17H23N3O2S. The summed E-state index contributed by atoms with van der Waals surface area (Å²) in [5.74, 6) is 0.739. The molecule has 0 aliphatic carbocycles. The Labute approximate surface area is 141 Å². The van der Waals surface area contributed by atoms with Gasteiger partial charge in [0.05, 0.1) is 11.7 Å². The van der Waals surface area contributed by atoms with Crippen LogP contribution in [-0.4, -0.2) is 23.0 Å². The molecule has 0 fully saturated rings. The zero-order chi connectivity index (χ0) is 16.8. The summed E-state index contributed by atoms with van der Waals surface area (Å²) in [7, 11) is 0. The molecule has 5 nitrogen and oxygen atoms in total. The molecule has 1 aromatic carbocycles. The first-order valence-corrected chi connectivity index (χ1v) is 8.54. The molecule has 0 radical (unpaired) electrons. The summed E-state index contributed by atoms with van der Waals surface area (Å²) in [4.78, 5) is 13.2. The highest BCUT2D eigenvalue weighted by Crippen LogP contribution is 2.22. The maximum Gasteiger partial charge on any atom is 0.315 e. The van der Waals surface area contributed by atoms with Crippen LogP contribution in [0.15, 0.2) is 39.8 Å². The van der Waals surface area contributed by atoms with Crippen LogP contribution in [0.4, 0.5) is 4.79 Å². The van der Waals surface area contributed by atoms with E-state index in [1.54, 1.807) is 11.8 Å². The average Bonchev–Trinajstić information content (AvgIpc) is 2.85. The Morgan fingerprint density at radius 1 is 1.26 bits per heavy atom. The number of carbonyl (C=O) groups is 1. The molecule has 0 aliphatic heterocycles. The summed E-state index contributed by atoms with van der Waals surface area (Å²) in [6.45, 7) is 8.34. The Kier molecular flexibility index (Phi) is 6.10. The van der Waals surface area contributed by atoms with Crippen LogP contribution in [0.25, 0.3) is 0 Å². The molecular weight excluding hydrogens is 310 g/mol. The van der Waals surface area contributed by atoms with Crippen molar-refractivity contribution in [2.45, 2.75) is 43.9 Å². The SMILES string of the molecule is Cc1noc(C)c1[C@@H](C)NC(=O)NC[C@@H](C)Sc1ccccc1. The van der Waals surface area contributed by atoms with Gasteiger partial charge >= 0.3 is 6.03 Å². The maximum atomic E-state index is 12.0. The molecule has 2 atom stereocenters. The monoisotopic (exact) mass is 333 g/mol. The highest BCUT2D eigenvalue weighted by atomic mass is 32.2. The van der Waals surface area contributed by atoms with Crippen molar-refractivity contribution in [3.8, 4) is 0 Å². The van der Waals surface area contributed by atoms with Crippen molar-refractivity contribution >= 4 is 17.8 Å². The molecule has 2 rings (SSSR count). The van der Waals surface area contributed by atoms with Gasteiger partial charge in [0.2, 0.25) is 0 Å². The second kappa shape index (κ2) is 8.06. The number of benzene rings is 1. The third kappa shape index (κ3) is 5.03. The van der Waals surface area contributed by atoms with Crippen molar-refractivity contribution in [3.05, 3.63) is 47.3 Å². The number of amides is 2. The number of aromatic nitrogens is 1. The van der Waals surface area contributed by atoms with E-state index in [1.165, 1.54) is 4.90 Å². The third-order valence-corrected chi connectivity index (χ3v) is 4.61. The summed E-state index contributed by atoms with van der Waals surface area (Å²) in [6.07, 6.45) is 0. The fourth-order valence-corrected chi connectivity index (χ4v) is 3.38. The number of thioether (sulfide) groups is 1. The molecule has 23 heavy (non-hydrogen) atoms. The molecule has 1 aromatic heterocycles. The molecule has 0 unspecified atom stereocenters. The van der Waals surface area contributed by atoms with Gasteiger partial charge in [-0.3, -0.25) is 0 Å². The Balaban J connectivity index is 1.79. The number of hydrogen-bond acceptors (Lipinski definition) is 4. The molecule has 0 saturated carbocycles. The number of aryl methyl sites for hydroxylation is 2. The number of nitrogens with zero attached hydrogens (tertiary/aromatic N) is 1. The van der Waals surface area contributed by atoms with Gasteiger partial charge in [0.1, 0.15) is 5.76 Å². The smallest absolute Gasteiger partial charge is 0.315 e. The molecule has 0 saturated heterocycles. The Morgan fingerprint density at radius 2 is 1.96 bits per heavy atom. The second-order valence-electron chi connectivity index (χ2n) is 5.56. The van der Waals surface area contributed by atoms with Gasteiger partial charge in [0, 0.05) is 22.3 Å². The molecule has 2 N–H and O–H groups in total. The topological polar surface area (TPSA) is 67.2 Å². The van der Waals surface area contributed by atoms with Gasteiger partial charge in [0.15, 0.2) is 0 Å². The highest BCUT2D eigenvalue weighted by Gasteiger charge is 2.18. The Bertz CT molecular complexity index is 623. The zero-order valence-electron chi connectivity index (χ0n) is 13.9. The van der Waals surface area contributed by atoms with E-state index in [1.807, 2.05) is 39.0 Å². The van der Waals surface area contributed by atoms with Crippen LogP contribution in [-0.2, 0) is 0 Å². The van der Waals surface area contributed by atoms with Crippen LogP contribution < -0.4 is 10.6 Å². The first-order valence-electron chi connectivity index (χ1n) is 7.66. The van der Waals surface area contributed by atoms with E-state index in [0.29, 0.717) is 6.54 Å². The number of rotatable bonds is 6. The van der Waals surface area contributed by atoms with Gasteiger partial charge in [0.25, 0.3) is 0 Å². The molecule has 124 valence electrons. The highest BCUT2D eigenvalue weighted by molar-refractivity contribution is 8.00. The van der Waals surface area contributed by atoms with E-state index in [0.717, 1.165) is 17.0 Å². The van der Waals surface area contributed by atoms with Crippen LogP contribution >= 0.6 is 11.8 Å². The third-order valence-electron chi connectivity index (χ3n) is 3.50. The van der Waals surface area contributed by atoms with Crippen molar-refractivity contribution in [1.82, 2.24) is 15.8 Å². The molecule has 1 heterocycles. The van der Waals surface area contributed by atoms with Gasteiger partial charge in [-0.25, -0.2) is 4.79 Å². The quantitative estimate of drug-likeness (QED) is 0.788. The van der Waals surface area contributed by atoms with Crippen LogP contribution in [0, 0.1) is 13.8 Å². The summed E-state index contributed by atoms with van der Waals surface area (Å²) in [5, 5.41) is 10.0. The average molecular weight is 333 g/mol. The molecule has 2 amide bonds. The van der Waals surface area contributed by atoms with Crippen LogP contribution in [0.3, 0.4) is 0 Å². The predicted molar refractivity (Wildman–Crippen MR) is 92.7 cm³/mol. The summed E-state index contributed by atoms with van der Waals surface area (Å²) < 4.78 is 5.14. The molecule has 2 aromatic rings. The lowest BCUT2D eigenvalue weighted by Gasteiger charge is -2.16. The summed E-state index contributed by atoms with van der Waals surface area (Å²) in [5.41, 5.74) is 1.75. The molecule has 0 spiro atoms. The van der Waals surface area contributed by atoms with Gasteiger partial charge < -0.3 is 15.2 Å². The lowest BCUT2D eigenvalue weighted by molar-refractivity contribution is 0.238. The molecule has 0 aliphatic rings. The van der Waals surface area contributed by atoms with Gasteiger partial charge in [-0.1, -0.05) is 30.3 Å². The van der Waals surface area contributed by atoms with E-state index in [-0.39, 0.29) is 17.3 Å². The van der Waals surface area contributed by atoms with Gasteiger partial charge in [-0.15, -0.1) is 11.8 Å². The normalized spacial score (nSPS) is 13.4. The Morgan fingerprint density at radius 3 is 2.57 bits per heavy atom. The lowest BCUT2D eigenvalue weighted by atomic mass is 10.1. The minimum atomic E-state index is -0.182. The van der Waals surface area contributed by atoms with E-state index >= 15 is 0 Å². The fraction of sp³-hybridized carbons (Fsp3) is 0.412. The second-order valence-corrected chi connectivity index (χ2v) is 7.07. The van der Waals surface area contributed by atoms with Crippen LogP contribution in [0.5, 0.6) is 0 Å². The number of urea groups is 1. The first-order chi connectivity index (χ1) is 11.0. The fourth-order valence-electron chi connectivity index (χ4n) is 2.44. The largest absolute Gasteiger partial charge is 0.361 e. The van der Waals surface area contributed by atoms with Crippen molar-refractivity contribution in [2.75, 3.05) is 6.54 Å². The van der Waals surface area contributed by atoms with Crippen molar-refractivity contribution in [3.63, 3.8) is 0 Å². The van der Waals surface area contributed by atoms with Crippen molar-refractivity contribution in [1.29, 1.82) is 0 Å². The predicted octanol–water partition coefficient (Wildman–Crippen LogP) is 3.83. The summed E-state index contributed by atoms with van der Waals surface area (Å²) >= 11 is 1.74. The molecule has 6 heteroatoms. The van der Waals surface area contributed by atoms with Gasteiger partial charge in [-0.2, -0.15) is 0 Å². The maximum absolute atomic E-state index is 12.0. The minimum absolute atomic E-state index is 0.140. The molecule has 0 bridgehead atoms. The number of hydrogen-bond donors (Lipinski definition) is 2. The lowest BCUT2D eigenvalue weighted by Crippen LogP contribution is -2.39. The number of carbonyl (C=O) groups excluding carboxylic acids is 1. The summed E-state index contributed by atoms with van der Waals surface area (Å²) in [6, 6.07) is 9.84. The Hall–Kier alpha value is -1.95. The van der Waals surface area contributed by atoms with E-state index in [2.05, 4.69) is 34.8 Å². The first kappa shape index (κ1) is 17.4. The van der Waals surface area contributed by atoms with Crippen LogP contribution in [0.2, 0.25) is 0 Å². The van der Waals surface area contributed by atoms with Gasteiger partial charge in [-0.05, 0) is 32.9 Å². The zero-order valence-corrected chi connectivity index (χ0v) is 14.7. The van der Waals surface area contributed by atoms with E-state index in [4.69, 9.17) is 4.52 Å². The van der Waals surface area contributed by atoms with E-state index in [9.17, 15) is 4.79 Å². The minimum Gasteiger partial charge on any atom is -0.361 e. The van der Waals surface area contributed by atoms with Crippen LogP contribution in [0.1, 0.15) is 36.9 Å². The van der Waals surface area contributed by atoms with E-state index < -0.39 is 0 Å². The van der Waals surface area contributed by atoms with Crippen molar-refractivity contribution in [2.24, 2.45) is 0 Å². The standard InChI is InChI=1S/C17H23N3O2S/c1-11(23-15-8-6-5-7-9-15)10-18-17(21)19-12(2)16-13(3)20-22-14(16)4/h5-9,11-12H,10H2,1-4H3,(H2,18,19,21)/t11-,12-/m1/s1.